The lowest BCUT2D eigenvalue weighted by Crippen LogP contribution is -2.01. The zero-order valence-corrected chi connectivity index (χ0v) is 12.9. The van der Waals surface area contributed by atoms with Gasteiger partial charge in [0, 0.05) is 30.7 Å². The first-order valence-corrected chi connectivity index (χ1v) is 6.99. The normalized spacial score (nSPS) is 12.5. The second-order valence-electron chi connectivity index (χ2n) is 3.73. The van der Waals surface area contributed by atoms with Gasteiger partial charge in [-0.25, -0.2) is 0 Å². The molecule has 0 bridgehead atoms. The third-order valence-corrected chi connectivity index (χ3v) is 4.03. The molecule has 1 unspecified atom stereocenters. The van der Waals surface area contributed by atoms with E-state index in [0.29, 0.717) is 26.2 Å². The number of hydrogen-bond acceptors (Lipinski definition) is 1. The van der Waals surface area contributed by atoms with E-state index >= 15 is 0 Å². The summed E-state index contributed by atoms with van der Waals surface area (Å²) in [6, 6.07) is 10.2. The lowest BCUT2D eigenvalue weighted by atomic mass is 10.0. The molecule has 1 nitrogen and oxygen atoms in total. The molecule has 1 atom stereocenters. The number of benzene rings is 2. The zero-order valence-electron chi connectivity index (χ0n) is 9.00. The van der Waals surface area contributed by atoms with E-state index in [0.717, 1.165) is 4.47 Å². The highest BCUT2D eigenvalue weighted by Gasteiger charge is 2.17. The van der Waals surface area contributed by atoms with E-state index in [1.54, 1.807) is 36.4 Å². The Bertz CT molecular complexity index is 586. The van der Waals surface area contributed by atoms with Gasteiger partial charge in [0.15, 0.2) is 0 Å². The largest absolute Gasteiger partial charge is 0.384 e. The van der Waals surface area contributed by atoms with Crippen LogP contribution in [0.4, 0.5) is 0 Å². The summed E-state index contributed by atoms with van der Waals surface area (Å²) in [5, 5.41) is 11.9. The number of rotatable bonds is 2. The molecule has 1 N–H and O–H groups in total. The quantitative estimate of drug-likeness (QED) is 0.745. The molecule has 5 heteroatoms. The summed E-state index contributed by atoms with van der Waals surface area (Å²) in [4.78, 5) is 0. The van der Waals surface area contributed by atoms with Crippen molar-refractivity contribution in [1.29, 1.82) is 0 Å². The molecule has 2 aromatic carbocycles. The highest BCUT2D eigenvalue weighted by atomic mass is 79.9. The van der Waals surface area contributed by atoms with E-state index in [9.17, 15) is 5.11 Å². The van der Waals surface area contributed by atoms with Gasteiger partial charge in [-0.05, 0) is 30.3 Å². The van der Waals surface area contributed by atoms with Gasteiger partial charge < -0.3 is 5.11 Å². The molecule has 2 aromatic rings. The minimum Gasteiger partial charge on any atom is -0.384 e. The number of halogens is 4. The van der Waals surface area contributed by atoms with Crippen LogP contribution >= 0.6 is 50.7 Å². The van der Waals surface area contributed by atoms with Crippen LogP contribution in [0.5, 0.6) is 0 Å². The SMILES string of the molecule is OC(c1ccc(Cl)cc1Cl)c1cc(Cl)ccc1Br. The van der Waals surface area contributed by atoms with Crippen LogP contribution in [0.15, 0.2) is 40.9 Å². The summed E-state index contributed by atoms with van der Waals surface area (Å²) in [6.07, 6.45) is -0.858. The lowest BCUT2D eigenvalue weighted by molar-refractivity contribution is 0.219. The molecule has 0 amide bonds. The molecule has 94 valence electrons. The predicted molar refractivity (Wildman–Crippen MR) is 79.7 cm³/mol. The highest BCUT2D eigenvalue weighted by molar-refractivity contribution is 9.10. The van der Waals surface area contributed by atoms with Gasteiger partial charge in [0.2, 0.25) is 0 Å². The van der Waals surface area contributed by atoms with Gasteiger partial charge in [-0.1, -0.05) is 56.8 Å². The van der Waals surface area contributed by atoms with E-state index in [4.69, 9.17) is 34.8 Å². The summed E-state index contributed by atoms with van der Waals surface area (Å²) in [5.74, 6) is 0. The van der Waals surface area contributed by atoms with Gasteiger partial charge in [-0.3, -0.25) is 0 Å². The van der Waals surface area contributed by atoms with Crippen molar-refractivity contribution in [2.75, 3.05) is 0 Å². The fraction of sp³-hybridized carbons (Fsp3) is 0.0769. The minimum absolute atomic E-state index is 0.418. The first kappa shape index (κ1) is 14.2. The molecular weight excluding hydrogens is 358 g/mol. The van der Waals surface area contributed by atoms with E-state index in [1.807, 2.05) is 0 Å². The van der Waals surface area contributed by atoms with Crippen LogP contribution in [0, 0.1) is 0 Å². The average Bonchev–Trinajstić information content (AvgIpc) is 2.31. The van der Waals surface area contributed by atoms with Crippen LogP contribution in [0.1, 0.15) is 17.2 Å². The number of hydrogen-bond donors (Lipinski definition) is 1. The minimum atomic E-state index is -0.858. The summed E-state index contributed by atoms with van der Waals surface area (Å²) in [6.45, 7) is 0. The van der Waals surface area contributed by atoms with Crippen LogP contribution < -0.4 is 0 Å². The van der Waals surface area contributed by atoms with Crippen molar-refractivity contribution in [1.82, 2.24) is 0 Å². The summed E-state index contributed by atoms with van der Waals surface area (Å²) >= 11 is 21.2. The van der Waals surface area contributed by atoms with Gasteiger partial charge in [0.05, 0.1) is 0 Å². The smallest absolute Gasteiger partial charge is 0.107 e. The molecule has 0 spiro atoms. The van der Waals surface area contributed by atoms with Crippen molar-refractivity contribution in [2.45, 2.75) is 6.10 Å². The summed E-state index contributed by atoms with van der Waals surface area (Å²) < 4.78 is 0.769. The fourth-order valence-corrected chi connectivity index (χ4v) is 2.77. The maximum absolute atomic E-state index is 10.4. The molecule has 0 saturated heterocycles. The van der Waals surface area contributed by atoms with Gasteiger partial charge in [0.25, 0.3) is 0 Å². The number of aliphatic hydroxyl groups is 1. The van der Waals surface area contributed by atoms with Crippen LogP contribution in [0.3, 0.4) is 0 Å². The van der Waals surface area contributed by atoms with Crippen molar-refractivity contribution in [3.05, 3.63) is 67.1 Å². The first-order valence-electron chi connectivity index (χ1n) is 5.07. The molecule has 0 saturated carbocycles. The van der Waals surface area contributed by atoms with Crippen molar-refractivity contribution >= 4 is 50.7 Å². The van der Waals surface area contributed by atoms with Gasteiger partial charge in [-0.15, -0.1) is 0 Å². The third-order valence-electron chi connectivity index (χ3n) is 2.51. The van der Waals surface area contributed by atoms with Crippen molar-refractivity contribution in [3.8, 4) is 0 Å². The Morgan fingerprint density at radius 2 is 1.50 bits per heavy atom. The molecule has 0 aromatic heterocycles. The van der Waals surface area contributed by atoms with Gasteiger partial charge >= 0.3 is 0 Å². The molecule has 0 aliphatic heterocycles. The Kier molecular flexibility index (Phi) is 4.57. The predicted octanol–water partition coefficient (Wildman–Crippen LogP) is 5.49. The Balaban J connectivity index is 2.47. The van der Waals surface area contributed by atoms with Crippen LogP contribution in [-0.2, 0) is 0 Å². The second-order valence-corrected chi connectivity index (χ2v) is 5.87. The van der Waals surface area contributed by atoms with Crippen LogP contribution in [0.25, 0.3) is 0 Å². The highest BCUT2D eigenvalue weighted by Crippen LogP contribution is 2.34. The molecule has 0 aliphatic carbocycles. The average molecular weight is 366 g/mol. The Hall–Kier alpha value is -0.250. The maximum Gasteiger partial charge on any atom is 0.107 e. The zero-order chi connectivity index (χ0) is 13.3. The molecule has 2 rings (SSSR count). The third kappa shape index (κ3) is 3.01. The van der Waals surface area contributed by atoms with Crippen molar-refractivity contribution in [3.63, 3.8) is 0 Å². The standard InChI is InChI=1S/C13H8BrCl3O/c14-11-4-2-7(15)5-10(11)13(18)9-3-1-8(16)6-12(9)17/h1-6,13,18H. The van der Waals surface area contributed by atoms with Crippen molar-refractivity contribution < 1.29 is 5.11 Å². The van der Waals surface area contributed by atoms with Crippen LogP contribution in [0.2, 0.25) is 15.1 Å². The lowest BCUT2D eigenvalue weighted by Gasteiger charge is -2.15. The first-order chi connectivity index (χ1) is 8.49. The Morgan fingerprint density at radius 1 is 0.889 bits per heavy atom. The topological polar surface area (TPSA) is 20.2 Å². The fourth-order valence-electron chi connectivity index (χ4n) is 1.61. The van der Waals surface area contributed by atoms with E-state index < -0.39 is 6.10 Å². The van der Waals surface area contributed by atoms with E-state index in [2.05, 4.69) is 15.9 Å². The summed E-state index contributed by atoms with van der Waals surface area (Å²) in [5.41, 5.74) is 1.25. The van der Waals surface area contributed by atoms with E-state index in [1.165, 1.54) is 0 Å². The molecular formula is C13H8BrCl3O. The molecule has 0 aliphatic rings. The molecule has 18 heavy (non-hydrogen) atoms. The van der Waals surface area contributed by atoms with Crippen molar-refractivity contribution in [2.24, 2.45) is 0 Å². The second kappa shape index (κ2) is 5.81. The van der Waals surface area contributed by atoms with Gasteiger partial charge in [0.1, 0.15) is 6.10 Å². The molecule has 0 heterocycles. The molecule has 0 fully saturated rings. The maximum atomic E-state index is 10.4. The van der Waals surface area contributed by atoms with Crippen LogP contribution in [-0.4, -0.2) is 5.11 Å². The summed E-state index contributed by atoms with van der Waals surface area (Å²) in [7, 11) is 0. The van der Waals surface area contributed by atoms with E-state index in [-0.39, 0.29) is 0 Å². The monoisotopic (exact) mass is 364 g/mol. The molecule has 0 radical (unpaired) electrons. The Morgan fingerprint density at radius 3 is 2.17 bits per heavy atom. The number of aliphatic hydroxyl groups excluding tert-OH is 1. The van der Waals surface area contributed by atoms with Gasteiger partial charge in [-0.2, -0.15) is 0 Å². The Labute approximate surface area is 128 Å².